The highest BCUT2D eigenvalue weighted by molar-refractivity contribution is 5.84. The van der Waals surface area contributed by atoms with Crippen molar-refractivity contribution in [2.24, 2.45) is 0 Å². The summed E-state index contributed by atoms with van der Waals surface area (Å²) in [6, 6.07) is 8.13. The van der Waals surface area contributed by atoms with Crippen LogP contribution in [0.4, 0.5) is 4.79 Å². The average molecular weight is 296 g/mol. The lowest BCUT2D eigenvalue weighted by molar-refractivity contribution is -0.149. The number of rotatable bonds is 7. The summed E-state index contributed by atoms with van der Waals surface area (Å²) in [7, 11) is 0. The van der Waals surface area contributed by atoms with E-state index in [0.717, 1.165) is 5.56 Å². The molecular weight excluding hydrogens is 280 g/mol. The fourth-order valence-corrected chi connectivity index (χ4v) is 1.26. The van der Waals surface area contributed by atoms with Crippen LogP contribution >= 0.6 is 0 Å². The van der Waals surface area contributed by atoms with Crippen LogP contribution in [-0.4, -0.2) is 35.7 Å². The Labute approximate surface area is 121 Å². The smallest absolute Gasteiger partial charge is 0.408 e. The third kappa shape index (κ3) is 6.92. The number of amides is 2. The van der Waals surface area contributed by atoms with Crippen LogP contribution in [0.2, 0.25) is 0 Å². The van der Waals surface area contributed by atoms with Gasteiger partial charge in [0, 0.05) is 0 Å². The molecule has 0 heterocycles. The molecule has 0 bridgehead atoms. The molecule has 0 saturated heterocycles. The van der Waals surface area contributed by atoms with Crippen molar-refractivity contribution in [3.63, 3.8) is 0 Å². The van der Waals surface area contributed by atoms with Crippen LogP contribution in [-0.2, 0) is 25.8 Å². The molecule has 0 spiro atoms. The second-order valence-corrected chi connectivity index (χ2v) is 4.08. The van der Waals surface area contributed by atoms with Crippen LogP contribution in [0, 0.1) is 0 Å². The monoisotopic (exact) mass is 296 g/mol. The first kappa shape index (κ1) is 16.4. The van der Waals surface area contributed by atoms with Gasteiger partial charge in [-0.15, -0.1) is 0 Å². The Morgan fingerprint density at radius 1 is 1.24 bits per heavy atom. The van der Waals surface area contributed by atoms with Crippen LogP contribution in [0.5, 0.6) is 0 Å². The van der Waals surface area contributed by atoms with Crippen molar-refractivity contribution >= 4 is 18.0 Å². The molecule has 1 rings (SSSR count). The Bertz CT molecular complexity index is 491. The summed E-state index contributed by atoms with van der Waals surface area (Å²) in [6.07, 6.45) is -0.764. The van der Waals surface area contributed by atoms with E-state index in [1.807, 2.05) is 23.7 Å². The number of carboxylic acids is 1. The van der Waals surface area contributed by atoms with Crippen LogP contribution < -0.4 is 10.8 Å². The van der Waals surface area contributed by atoms with Crippen molar-refractivity contribution in [3.8, 4) is 0 Å². The fourth-order valence-electron chi connectivity index (χ4n) is 1.26. The predicted molar refractivity (Wildman–Crippen MR) is 71.0 cm³/mol. The van der Waals surface area contributed by atoms with Gasteiger partial charge in [-0.3, -0.25) is 9.63 Å². The summed E-state index contributed by atoms with van der Waals surface area (Å²) in [5.41, 5.74) is 2.72. The maximum atomic E-state index is 11.5. The molecule has 0 aliphatic carbocycles. The molecule has 1 aromatic carbocycles. The standard InChI is InChI=1S/C13H16N2O6/c1-9(12(18)15-21-8-11(16)17)14-13(19)20-7-10-5-3-2-4-6-10/h2-6,9H,7-8H2,1H3,(H,14,19)(H,15,18)(H,16,17)/t9-/m0/s1. The Morgan fingerprint density at radius 3 is 2.52 bits per heavy atom. The summed E-state index contributed by atoms with van der Waals surface area (Å²) in [5.74, 6) is -1.91. The van der Waals surface area contributed by atoms with Crippen LogP contribution in [0.25, 0.3) is 0 Å². The van der Waals surface area contributed by atoms with E-state index in [4.69, 9.17) is 9.84 Å². The number of carbonyl (C=O) groups is 3. The lowest BCUT2D eigenvalue weighted by atomic mass is 10.2. The minimum atomic E-state index is -1.22. The third-order valence-electron chi connectivity index (χ3n) is 2.31. The van der Waals surface area contributed by atoms with Gasteiger partial charge in [-0.1, -0.05) is 30.3 Å². The van der Waals surface area contributed by atoms with Gasteiger partial charge < -0.3 is 15.2 Å². The highest BCUT2D eigenvalue weighted by Crippen LogP contribution is 2.00. The second kappa shape index (κ2) is 8.54. The zero-order valence-corrected chi connectivity index (χ0v) is 11.4. The molecule has 0 aliphatic heterocycles. The fraction of sp³-hybridized carbons (Fsp3) is 0.308. The molecule has 0 unspecified atom stereocenters. The summed E-state index contributed by atoms with van der Waals surface area (Å²) < 4.78 is 4.93. The van der Waals surface area contributed by atoms with E-state index in [9.17, 15) is 14.4 Å². The van der Waals surface area contributed by atoms with Crippen molar-refractivity contribution in [2.75, 3.05) is 6.61 Å². The summed E-state index contributed by atoms with van der Waals surface area (Å²) in [5, 5.41) is 10.6. The van der Waals surface area contributed by atoms with Crippen molar-refractivity contribution in [3.05, 3.63) is 35.9 Å². The molecule has 8 heteroatoms. The molecule has 1 atom stereocenters. The Kier molecular flexibility index (Phi) is 6.69. The average Bonchev–Trinajstić information content (AvgIpc) is 2.45. The molecule has 0 fully saturated rings. The first-order valence-electron chi connectivity index (χ1n) is 6.09. The van der Waals surface area contributed by atoms with Gasteiger partial charge in [0.15, 0.2) is 6.61 Å². The number of carboxylic acid groups (broad SMARTS) is 1. The van der Waals surface area contributed by atoms with E-state index < -0.39 is 30.6 Å². The first-order valence-corrected chi connectivity index (χ1v) is 6.09. The number of benzene rings is 1. The minimum absolute atomic E-state index is 0.0799. The summed E-state index contributed by atoms with van der Waals surface area (Å²) >= 11 is 0. The van der Waals surface area contributed by atoms with E-state index in [0.29, 0.717) is 0 Å². The highest BCUT2D eigenvalue weighted by Gasteiger charge is 2.16. The highest BCUT2D eigenvalue weighted by atomic mass is 16.7. The zero-order valence-electron chi connectivity index (χ0n) is 11.4. The molecular formula is C13H16N2O6. The van der Waals surface area contributed by atoms with Crippen molar-refractivity contribution in [2.45, 2.75) is 19.6 Å². The lowest BCUT2D eigenvalue weighted by Crippen LogP contribution is -2.45. The van der Waals surface area contributed by atoms with Gasteiger partial charge in [-0.2, -0.15) is 0 Å². The van der Waals surface area contributed by atoms with E-state index in [-0.39, 0.29) is 6.61 Å². The van der Waals surface area contributed by atoms with E-state index in [2.05, 4.69) is 10.2 Å². The van der Waals surface area contributed by atoms with Crippen molar-refractivity contribution < 1.29 is 29.1 Å². The third-order valence-corrected chi connectivity index (χ3v) is 2.31. The first-order chi connectivity index (χ1) is 9.99. The normalized spacial score (nSPS) is 11.3. The number of hydrogen-bond acceptors (Lipinski definition) is 5. The molecule has 114 valence electrons. The molecule has 2 amide bonds. The van der Waals surface area contributed by atoms with Crippen molar-refractivity contribution in [1.29, 1.82) is 0 Å². The maximum Gasteiger partial charge on any atom is 0.408 e. The van der Waals surface area contributed by atoms with Gasteiger partial charge in [0.05, 0.1) is 0 Å². The van der Waals surface area contributed by atoms with Gasteiger partial charge in [0.1, 0.15) is 12.6 Å². The predicted octanol–water partition coefficient (Wildman–Crippen LogP) is 0.434. The Hall–Kier alpha value is -2.61. The molecule has 21 heavy (non-hydrogen) atoms. The molecule has 3 N–H and O–H groups in total. The van der Waals surface area contributed by atoms with Gasteiger partial charge in [0.2, 0.25) is 0 Å². The summed E-state index contributed by atoms with van der Waals surface area (Å²) in [6.45, 7) is 0.816. The number of aliphatic carboxylic acids is 1. The quantitative estimate of drug-likeness (QED) is 0.629. The number of alkyl carbamates (subject to hydrolysis) is 1. The number of nitrogens with one attached hydrogen (secondary N) is 2. The SMILES string of the molecule is C[C@H](NC(=O)OCc1ccccc1)C(=O)NOCC(=O)O. The minimum Gasteiger partial charge on any atom is -0.479 e. The molecule has 0 aromatic heterocycles. The number of hydroxylamine groups is 1. The van der Waals surface area contributed by atoms with Crippen LogP contribution in [0.3, 0.4) is 0 Å². The summed E-state index contributed by atoms with van der Waals surface area (Å²) in [4.78, 5) is 37.5. The molecule has 8 nitrogen and oxygen atoms in total. The lowest BCUT2D eigenvalue weighted by Gasteiger charge is -2.13. The van der Waals surface area contributed by atoms with Crippen molar-refractivity contribution in [1.82, 2.24) is 10.8 Å². The van der Waals surface area contributed by atoms with Crippen LogP contribution in [0.1, 0.15) is 12.5 Å². The van der Waals surface area contributed by atoms with Gasteiger partial charge >= 0.3 is 12.1 Å². The van der Waals surface area contributed by atoms with Gasteiger partial charge in [-0.25, -0.2) is 15.1 Å². The zero-order chi connectivity index (χ0) is 15.7. The van der Waals surface area contributed by atoms with Gasteiger partial charge in [-0.05, 0) is 12.5 Å². The largest absolute Gasteiger partial charge is 0.479 e. The second-order valence-electron chi connectivity index (χ2n) is 4.08. The molecule has 0 aliphatic rings. The maximum absolute atomic E-state index is 11.5. The van der Waals surface area contributed by atoms with Crippen LogP contribution in [0.15, 0.2) is 30.3 Å². The Balaban J connectivity index is 2.26. The number of ether oxygens (including phenoxy) is 1. The van der Waals surface area contributed by atoms with Gasteiger partial charge in [0.25, 0.3) is 5.91 Å². The number of hydrogen-bond donors (Lipinski definition) is 3. The number of carbonyl (C=O) groups excluding carboxylic acids is 2. The van der Waals surface area contributed by atoms with E-state index >= 15 is 0 Å². The topological polar surface area (TPSA) is 114 Å². The van der Waals surface area contributed by atoms with E-state index in [1.54, 1.807) is 12.1 Å². The molecule has 0 saturated carbocycles. The Morgan fingerprint density at radius 2 is 1.90 bits per heavy atom. The van der Waals surface area contributed by atoms with E-state index in [1.165, 1.54) is 6.92 Å². The molecule has 1 aromatic rings. The molecule has 0 radical (unpaired) electrons.